The number of nitrogens with one attached hydrogen (secondary N) is 1. The monoisotopic (exact) mass is 377 g/mol. The van der Waals surface area contributed by atoms with Crippen LogP contribution in [0.15, 0.2) is 17.5 Å². The van der Waals surface area contributed by atoms with E-state index in [1.54, 1.807) is 0 Å². The molecule has 0 unspecified atom stereocenters. The van der Waals surface area contributed by atoms with Crippen LogP contribution in [-0.2, 0) is 4.79 Å². The highest BCUT2D eigenvalue weighted by Gasteiger charge is 2.31. The summed E-state index contributed by atoms with van der Waals surface area (Å²) in [7, 11) is 0. The second-order valence-electron chi connectivity index (χ2n) is 8.12. The van der Waals surface area contributed by atoms with Gasteiger partial charge in [0, 0.05) is 31.1 Å². The molecular formula is C20H31N3O2S. The van der Waals surface area contributed by atoms with Crippen molar-refractivity contribution in [2.45, 2.75) is 51.5 Å². The molecule has 3 heterocycles. The molecular weight excluding hydrogens is 346 g/mol. The van der Waals surface area contributed by atoms with Crippen LogP contribution in [0, 0.1) is 5.92 Å². The van der Waals surface area contributed by atoms with E-state index in [2.05, 4.69) is 24.1 Å². The first kappa shape index (κ1) is 19.4. The Morgan fingerprint density at radius 3 is 2.46 bits per heavy atom. The standard InChI is InChI=1S/C20H31N3O2S/c1-20(2,23-10-4-3-5-11-23)15-21-18(24)16-8-12-22(13-9-16)19(25)17-7-6-14-26-17/h6-7,14,16H,3-5,8-13,15H2,1-2H3,(H,21,24). The molecule has 6 heteroatoms. The van der Waals surface area contributed by atoms with E-state index in [1.807, 2.05) is 22.4 Å². The summed E-state index contributed by atoms with van der Waals surface area (Å²) < 4.78 is 0. The van der Waals surface area contributed by atoms with Crippen molar-refractivity contribution in [3.05, 3.63) is 22.4 Å². The summed E-state index contributed by atoms with van der Waals surface area (Å²) in [4.78, 5) is 30.2. The van der Waals surface area contributed by atoms with Crippen LogP contribution in [0.2, 0.25) is 0 Å². The summed E-state index contributed by atoms with van der Waals surface area (Å²) in [6.07, 6.45) is 5.35. The topological polar surface area (TPSA) is 52.7 Å². The summed E-state index contributed by atoms with van der Waals surface area (Å²) in [6.45, 7) is 8.74. The van der Waals surface area contributed by atoms with E-state index >= 15 is 0 Å². The van der Waals surface area contributed by atoms with Crippen LogP contribution in [0.5, 0.6) is 0 Å². The van der Waals surface area contributed by atoms with E-state index < -0.39 is 0 Å². The van der Waals surface area contributed by atoms with E-state index in [4.69, 9.17) is 0 Å². The van der Waals surface area contributed by atoms with Crippen molar-refractivity contribution in [1.82, 2.24) is 15.1 Å². The number of rotatable bonds is 5. The average molecular weight is 378 g/mol. The number of carbonyl (C=O) groups excluding carboxylic acids is 2. The van der Waals surface area contributed by atoms with Gasteiger partial charge in [-0.15, -0.1) is 11.3 Å². The normalized spacial score (nSPS) is 20.2. The zero-order valence-electron chi connectivity index (χ0n) is 16.0. The second-order valence-corrected chi connectivity index (χ2v) is 9.07. The molecule has 2 fully saturated rings. The molecule has 2 aliphatic heterocycles. The number of piperidine rings is 2. The zero-order valence-corrected chi connectivity index (χ0v) is 16.8. The first-order valence-corrected chi connectivity index (χ1v) is 10.7. The summed E-state index contributed by atoms with van der Waals surface area (Å²) in [6, 6.07) is 3.77. The van der Waals surface area contributed by atoms with Crippen molar-refractivity contribution in [1.29, 1.82) is 0 Å². The molecule has 1 N–H and O–H groups in total. The molecule has 1 aromatic rings. The zero-order chi connectivity index (χ0) is 18.6. The fraction of sp³-hybridized carbons (Fsp3) is 0.700. The van der Waals surface area contributed by atoms with Crippen molar-refractivity contribution in [3.63, 3.8) is 0 Å². The second kappa shape index (κ2) is 8.53. The number of hydrogen-bond donors (Lipinski definition) is 1. The van der Waals surface area contributed by atoms with Gasteiger partial charge in [-0.2, -0.15) is 0 Å². The van der Waals surface area contributed by atoms with Gasteiger partial charge in [-0.3, -0.25) is 14.5 Å². The number of hydrogen-bond acceptors (Lipinski definition) is 4. The van der Waals surface area contributed by atoms with Gasteiger partial charge in [0.05, 0.1) is 4.88 Å². The number of nitrogens with zero attached hydrogens (tertiary/aromatic N) is 2. The van der Waals surface area contributed by atoms with Gasteiger partial charge in [-0.25, -0.2) is 0 Å². The maximum Gasteiger partial charge on any atom is 0.263 e. The molecule has 144 valence electrons. The summed E-state index contributed by atoms with van der Waals surface area (Å²) in [5.74, 6) is 0.280. The summed E-state index contributed by atoms with van der Waals surface area (Å²) in [5, 5.41) is 5.11. The molecule has 1 aromatic heterocycles. The van der Waals surface area contributed by atoms with E-state index in [0.717, 1.165) is 30.8 Å². The van der Waals surface area contributed by atoms with E-state index in [-0.39, 0.29) is 23.3 Å². The van der Waals surface area contributed by atoms with Crippen molar-refractivity contribution >= 4 is 23.2 Å². The van der Waals surface area contributed by atoms with Crippen LogP contribution in [0.4, 0.5) is 0 Å². The Kier molecular flexibility index (Phi) is 6.35. The van der Waals surface area contributed by atoms with Crippen LogP contribution in [0.3, 0.4) is 0 Å². The van der Waals surface area contributed by atoms with Crippen molar-refractivity contribution < 1.29 is 9.59 Å². The highest BCUT2D eigenvalue weighted by atomic mass is 32.1. The summed E-state index contributed by atoms with van der Waals surface area (Å²) >= 11 is 1.48. The van der Waals surface area contributed by atoms with Crippen molar-refractivity contribution in [3.8, 4) is 0 Å². The fourth-order valence-corrected chi connectivity index (χ4v) is 4.65. The van der Waals surface area contributed by atoms with Crippen molar-refractivity contribution in [2.24, 2.45) is 5.92 Å². The molecule has 0 bridgehead atoms. The average Bonchev–Trinajstić information content (AvgIpc) is 3.21. The van der Waals surface area contributed by atoms with Crippen LogP contribution >= 0.6 is 11.3 Å². The molecule has 0 aromatic carbocycles. The predicted octanol–water partition coefficient (Wildman–Crippen LogP) is 2.98. The number of thiophene rings is 1. The lowest BCUT2D eigenvalue weighted by Gasteiger charge is -2.41. The molecule has 5 nitrogen and oxygen atoms in total. The van der Waals surface area contributed by atoms with Gasteiger partial charge < -0.3 is 10.2 Å². The maximum atomic E-state index is 12.6. The van der Waals surface area contributed by atoms with Crippen molar-refractivity contribution in [2.75, 3.05) is 32.7 Å². The minimum atomic E-state index is 0.00587. The number of carbonyl (C=O) groups is 2. The first-order valence-electron chi connectivity index (χ1n) is 9.83. The molecule has 0 aliphatic carbocycles. The number of amides is 2. The van der Waals surface area contributed by atoms with Gasteiger partial charge in [0.25, 0.3) is 5.91 Å². The van der Waals surface area contributed by atoms with E-state index in [9.17, 15) is 9.59 Å². The molecule has 0 spiro atoms. The highest BCUT2D eigenvalue weighted by Crippen LogP contribution is 2.23. The van der Waals surface area contributed by atoms with Gasteiger partial charge in [-0.1, -0.05) is 12.5 Å². The highest BCUT2D eigenvalue weighted by molar-refractivity contribution is 7.12. The lowest BCUT2D eigenvalue weighted by molar-refractivity contribution is -0.126. The van der Waals surface area contributed by atoms with Crippen LogP contribution in [-0.4, -0.2) is 59.9 Å². The van der Waals surface area contributed by atoms with Crippen LogP contribution in [0.1, 0.15) is 55.6 Å². The Labute approximate surface area is 160 Å². The molecule has 2 aliphatic rings. The molecule has 0 atom stereocenters. The number of likely N-dealkylation sites (tertiary alicyclic amines) is 2. The quantitative estimate of drug-likeness (QED) is 0.858. The first-order chi connectivity index (χ1) is 12.5. The third kappa shape index (κ3) is 4.65. The molecule has 0 radical (unpaired) electrons. The third-order valence-corrected chi connectivity index (χ3v) is 6.65. The Bertz CT molecular complexity index is 601. The van der Waals surface area contributed by atoms with E-state index in [0.29, 0.717) is 19.6 Å². The maximum absolute atomic E-state index is 12.6. The van der Waals surface area contributed by atoms with Gasteiger partial charge in [0.1, 0.15) is 0 Å². The smallest absolute Gasteiger partial charge is 0.263 e. The Morgan fingerprint density at radius 2 is 1.85 bits per heavy atom. The largest absolute Gasteiger partial charge is 0.354 e. The van der Waals surface area contributed by atoms with Crippen LogP contribution < -0.4 is 5.32 Å². The molecule has 26 heavy (non-hydrogen) atoms. The minimum Gasteiger partial charge on any atom is -0.354 e. The van der Waals surface area contributed by atoms with Gasteiger partial charge in [-0.05, 0) is 64.1 Å². The lowest BCUT2D eigenvalue weighted by atomic mass is 9.94. The molecule has 2 saturated heterocycles. The summed E-state index contributed by atoms with van der Waals surface area (Å²) in [5.41, 5.74) is 0.00587. The van der Waals surface area contributed by atoms with E-state index in [1.165, 1.54) is 30.6 Å². The molecule has 2 amide bonds. The Morgan fingerprint density at radius 1 is 1.15 bits per heavy atom. The molecule has 0 saturated carbocycles. The van der Waals surface area contributed by atoms with Gasteiger partial charge in [0.15, 0.2) is 0 Å². The SMILES string of the molecule is CC(C)(CNC(=O)C1CCN(C(=O)c2cccs2)CC1)N1CCCCC1. The lowest BCUT2D eigenvalue weighted by Crippen LogP contribution is -2.54. The Balaban J connectivity index is 1.44. The minimum absolute atomic E-state index is 0.00587. The van der Waals surface area contributed by atoms with Gasteiger partial charge in [0.2, 0.25) is 5.91 Å². The Hall–Kier alpha value is -1.40. The van der Waals surface area contributed by atoms with Gasteiger partial charge >= 0.3 is 0 Å². The fourth-order valence-electron chi connectivity index (χ4n) is 3.96. The third-order valence-electron chi connectivity index (χ3n) is 5.79. The predicted molar refractivity (Wildman–Crippen MR) is 105 cm³/mol. The van der Waals surface area contributed by atoms with Crippen LogP contribution in [0.25, 0.3) is 0 Å². The molecule has 3 rings (SSSR count).